The van der Waals surface area contributed by atoms with Crippen LogP contribution in [-0.2, 0) is 0 Å². The molecule has 4 nitrogen and oxygen atoms in total. The highest BCUT2D eigenvalue weighted by Crippen LogP contribution is 2.30. The number of hydrogen-bond donors (Lipinski definition) is 1. The molecule has 0 bridgehead atoms. The van der Waals surface area contributed by atoms with E-state index in [0.717, 1.165) is 16.5 Å². The third-order valence-corrected chi connectivity index (χ3v) is 3.11. The van der Waals surface area contributed by atoms with Crippen molar-refractivity contribution in [3.8, 4) is 22.6 Å². The Bertz CT molecular complexity index is 833. The van der Waals surface area contributed by atoms with E-state index < -0.39 is 5.63 Å². The van der Waals surface area contributed by atoms with Crippen molar-refractivity contribution in [2.45, 2.75) is 0 Å². The Balaban J connectivity index is 2.32. The van der Waals surface area contributed by atoms with Crippen LogP contribution in [0.2, 0.25) is 0 Å². The van der Waals surface area contributed by atoms with Crippen molar-refractivity contribution in [3.05, 3.63) is 59.0 Å². The molecule has 0 fully saturated rings. The minimum atomic E-state index is -0.457. The first-order valence-corrected chi connectivity index (χ1v) is 6.09. The number of ether oxygens (including phenoxy) is 1. The summed E-state index contributed by atoms with van der Waals surface area (Å²) in [7, 11) is 1.59. The molecule has 0 atom stereocenters. The predicted octanol–water partition coefficient (Wildman–Crippen LogP) is 3.17. The van der Waals surface area contributed by atoms with E-state index in [4.69, 9.17) is 9.15 Å². The first kappa shape index (κ1) is 12.3. The Morgan fingerprint density at radius 1 is 1.10 bits per heavy atom. The van der Waals surface area contributed by atoms with Crippen LogP contribution in [0.25, 0.3) is 22.1 Å². The van der Waals surface area contributed by atoms with Gasteiger partial charge in [0.25, 0.3) is 0 Å². The zero-order chi connectivity index (χ0) is 14.1. The Kier molecular flexibility index (Phi) is 2.91. The highest BCUT2D eigenvalue weighted by Gasteiger charge is 2.09. The van der Waals surface area contributed by atoms with Gasteiger partial charge in [-0.25, -0.2) is 4.79 Å². The summed E-state index contributed by atoms with van der Waals surface area (Å²) in [5, 5.41) is 10.2. The van der Waals surface area contributed by atoms with Crippen LogP contribution in [0, 0.1) is 0 Å². The fourth-order valence-corrected chi connectivity index (χ4v) is 2.18. The number of rotatable bonds is 2. The van der Waals surface area contributed by atoms with Crippen molar-refractivity contribution in [2.24, 2.45) is 0 Å². The largest absolute Gasteiger partial charge is 0.508 e. The smallest absolute Gasteiger partial charge is 0.336 e. The van der Waals surface area contributed by atoms with Crippen molar-refractivity contribution in [1.29, 1.82) is 0 Å². The van der Waals surface area contributed by atoms with Crippen LogP contribution < -0.4 is 10.4 Å². The molecule has 0 saturated heterocycles. The average Bonchev–Trinajstić information content (AvgIpc) is 2.46. The summed E-state index contributed by atoms with van der Waals surface area (Å²) in [6.07, 6.45) is 0. The molecule has 20 heavy (non-hydrogen) atoms. The van der Waals surface area contributed by atoms with E-state index in [1.807, 2.05) is 24.3 Å². The number of phenolic OH excluding ortho intramolecular Hbond substituents is 1. The van der Waals surface area contributed by atoms with Crippen molar-refractivity contribution in [2.75, 3.05) is 7.11 Å². The first-order valence-electron chi connectivity index (χ1n) is 6.09. The van der Waals surface area contributed by atoms with E-state index >= 15 is 0 Å². The van der Waals surface area contributed by atoms with E-state index in [2.05, 4.69) is 0 Å². The molecular weight excluding hydrogens is 256 g/mol. The quantitative estimate of drug-likeness (QED) is 0.725. The maximum absolute atomic E-state index is 11.7. The van der Waals surface area contributed by atoms with Crippen LogP contribution >= 0.6 is 0 Å². The molecule has 0 aliphatic rings. The Hall–Kier alpha value is -2.75. The van der Waals surface area contributed by atoms with Crippen molar-refractivity contribution < 1.29 is 14.3 Å². The Morgan fingerprint density at radius 3 is 2.75 bits per heavy atom. The minimum absolute atomic E-state index is 0.0587. The van der Waals surface area contributed by atoms with Gasteiger partial charge in [-0.2, -0.15) is 0 Å². The zero-order valence-electron chi connectivity index (χ0n) is 10.8. The van der Waals surface area contributed by atoms with Crippen LogP contribution in [0.5, 0.6) is 11.5 Å². The molecule has 0 saturated carbocycles. The maximum Gasteiger partial charge on any atom is 0.336 e. The van der Waals surface area contributed by atoms with Gasteiger partial charge in [-0.3, -0.25) is 0 Å². The lowest BCUT2D eigenvalue weighted by atomic mass is 10.0. The van der Waals surface area contributed by atoms with Gasteiger partial charge in [-0.1, -0.05) is 12.1 Å². The summed E-state index contributed by atoms with van der Waals surface area (Å²) in [5.74, 6) is 0.770. The fraction of sp³-hybridized carbons (Fsp3) is 0.0625. The molecule has 3 rings (SSSR count). The van der Waals surface area contributed by atoms with Crippen LogP contribution in [-0.4, -0.2) is 12.2 Å². The normalized spacial score (nSPS) is 10.7. The molecule has 2 aromatic carbocycles. The summed E-state index contributed by atoms with van der Waals surface area (Å²) >= 11 is 0. The summed E-state index contributed by atoms with van der Waals surface area (Å²) in [4.78, 5) is 11.7. The van der Waals surface area contributed by atoms with Gasteiger partial charge >= 0.3 is 5.63 Å². The topological polar surface area (TPSA) is 59.7 Å². The number of hydrogen-bond acceptors (Lipinski definition) is 4. The number of fused-ring (bicyclic) bond motifs is 1. The summed E-state index contributed by atoms with van der Waals surface area (Å²) in [5.41, 5.74) is 1.50. The van der Waals surface area contributed by atoms with E-state index in [1.54, 1.807) is 19.2 Å². The first-order chi connectivity index (χ1) is 9.67. The minimum Gasteiger partial charge on any atom is -0.508 e. The predicted molar refractivity (Wildman–Crippen MR) is 76.1 cm³/mol. The molecule has 0 unspecified atom stereocenters. The van der Waals surface area contributed by atoms with Gasteiger partial charge in [0.05, 0.1) is 7.11 Å². The van der Waals surface area contributed by atoms with Crippen LogP contribution in [0.3, 0.4) is 0 Å². The van der Waals surface area contributed by atoms with E-state index in [1.165, 1.54) is 12.1 Å². The summed E-state index contributed by atoms with van der Waals surface area (Å²) < 4.78 is 10.3. The lowest BCUT2D eigenvalue weighted by Crippen LogP contribution is -1.98. The number of benzene rings is 2. The van der Waals surface area contributed by atoms with E-state index in [-0.39, 0.29) is 5.75 Å². The molecule has 0 radical (unpaired) electrons. The highest BCUT2D eigenvalue weighted by atomic mass is 16.5. The lowest BCUT2D eigenvalue weighted by molar-refractivity contribution is 0.415. The molecule has 0 spiro atoms. The second kappa shape index (κ2) is 4.74. The third kappa shape index (κ3) is 2.12. The molecule has 0 aliphatic carbocycles. The molecule has 1 heterocycles. The van der Waals surface area contributed by atoms with Gasteiger partial charge < -0.3 is 14.3 Å². The van der Waals surface area contributed by atoms with Gasteiger partial charge in [0.2, 0.25) is 0 Å². The zero-order valence-corrected chi connectivity index (χ0v) is 10.8. The van der Waals surface area contributed by atoms with Gasteiger partial charge in [-0.05, 0) is 35.4 Å². The van der Waals surface area contributed by atoms with E-state index in [9.17, 15) is 9.90 Å². The van der Waals surface area contributed by atoms with Crippen molar-refractivity contribution in [3.63, 3.8) is 0 Å². The number of aromatic hydroxyl groups is 1. The molecule has 1 N–H and O–H groups in total. The van der Waals surface area contributed by atoms with Gasteiger partial charge in [-0.15, -0.1) is 0 Å². The third-order valence-electron chi connectivity index (χ3n) is 3.11. The Morgan fingerprint density at radius 2 is 1.95 bits per heavy atom. The fourth-order valence-electron chi connectivity index (χ4n) is 2.18. The molecule has 100 valence electrons. The van der Waals surface area contributed by atoms with Crippen molar-refractivity contribution in [1.82, 2.24) is 0 Å². The standard InChI is InChI=1S/C16H12O4/c1-19-12-4-2-3-10(7-12)14-9-16(18)20-15-8-11(17)5-6-13(14)15/h2-9,17H,1H3. The van der Waals surface area contributed by atoms with E-state index in [0.29, 0.717) is 11.3 Å². The average molecular weight is 268 g/mol. The van der Waals surface area contributed by atoms with Gasteiger partial charge in [0.1, 0.15) is 17.1 Å². The van der Waals surface area contributed by atoms with Gasteiger partial charge in [0, 0.05) is 17.5 Å². The number of methoxy groups -OCH3 is 1. The second-order valence-corrected chi connectivity index (χ2v) is 4.39. The molecule has 3 aromatic rings. The molecule has 0 aliphatic heterocycles. The Labute approximate surface area is 114 Å². The lowest BCUT2D eigenvalue weighted by Gasteiger charge is -2.07. The second-order valence-electron chi connectivity index (χ2n) is 4.39. The van der Waals surface area contributed by atoms with Gasteiger partial charge in [0.15, 0.2) is 0 Å². The summed E-state index contributed by atoms with van der Waals surface area (Å²) in [6, 6.07) is 13.6. The van der Waals surface area contributed by atoms with Crippen LogP contribution in [0.15, 0.2) is 57.7 Å². The highest BCUT2D eigenvalue weighted by molar-refractivity contribution is 5.93. The molecule has 4 heteroatoms. The monoisotopic (exact) mass is 268 g/mol. The number of phenols is 1. The van der Waals surface area contributed by atoms with Crippen LogP contribution in [0.4, 0.5) is 0 Å². The SMILES string of the molecule is COc1cccc(-c2cc(=O)oc3cc(O)ccc23)c1. The van der Waals surface area contributed by atoms with Crippen LogP contribution in [0.1, 0.15) is 0 Å². The summed E-state index contributed by atoms with van der Waals surface area (Å²) in [6.45, 7) is 0. The molecule has 1 aromatic heterocycles. The maximum atomic E-state index is 11.7. The van der Waals surface area contributed by atoms with Crippen molar-refractivity contribution >= 4 is 11.0 Å². The molecule has 0 amide bonds. The molecular formula is C16H12O4.